The first-order valence-corrected chi connectivity index (χ1v) is 16.1. The lowest BCUT2D eigenvalue weighted by atomic mass is 10.0. The summed E-state index contributed by atoms with van der Waals surface area (Å²) in [6, 6.07) is 22.6. The van der Waals surface area contributed by atoms with Crippen molar-refractivity contribution in [2.75, 3.05) is 17.1 Å². The van der Waals surface area contributed by atoms with Gasteiger partial charge in [0.05, 0.1) is 11.9 Å². The van der Waals surface area contributed by atoms with E-state index in [0.29, 0.717) is 5.56 Å². The molecule has 4 rings (SSSR count). The van der Waals surface area contributed by atoms with Crippen molar-refractivity contribution in [2.24, 2.45) is 0 Å². The van der Waals surface area contributed by atoms with Crippen molar-refractivity contribution < 1.29 is 22.8 Å². The largest absolute Gasteiger partial charge is 0.352 e. The minimum atomic E-state index is -3.92. The third kappa shape index (κ3) is 8.28. The highest BCUT2D eigenvalue weighted by molar-refractivity contribution is 7.92. The Labute approximate surface area is 248 Å². The average Bonchev–Trinajstić information content (AvgIpc) is 3.46. The van der Waals surface area contributed by atoms with E-state index in [1.54, 1.807) is 18.2 Å². The van der Waals surface area contributed by atoms with Gasteiger partial charge in [0.1, 0.15) is 12.6 Å². The van der Waals surface area contributed by atoms with Gasteiger partial charge in [-0.25, -0.2) is 8.42 Å². The fourth-order valence-electron chi connectivity index (χ4n) is 5.42. The van der Waals surface area contributed by atoms with Crippen molar-refractivity contribution >= 4 is 33.3 Å². The highest BCUT2D eigenvalue weighted by atomic mass is 32.2. The molecule has 0 radical (unpaired) electrons. The van der Waals surface area contributed by atoms with E-state index in [2.05, 4.69) is 5.32 Å². The summed E-state index contributed by atoms with van der Waals surface area (Å²) in [5, 5.41) is 3.16. The summed E-state index contributed by atoms with van der Waals surface area (Å²) in [7, 11) is -3.92. The zero-order chi connectivity index (χ0) is 30.3. The van der Waals surface area contributed by atoms with Gasteiger partial charge in [0.25, 0.3) is 0 Å². The predicted octanol–water partition coefficient (Wildman–Crippen LogP) is 4.66. The number of carbonyl (C=O) groups excluding carboxylic acids is 3. The SMILES string of the molecule is CC(=O)c1cccc(N(CC(=O)N(Cc2cccc(C)c2)[C@@H](Cc2ccccc2)C(=O)NC2CCCC2)S(C)(=O)=O)c1. The summed E-state index contributed by atoms with van der Waals surface area (Å²) in [4.78, 5) is 41.7. The molecule has 0 spiro atoms. The van der Waals surface area contributed by atoms with Crippen LogP contribution in [0, 0.1) is 6.92 Å². The minimum absolute atomic E-state index is 0.0496. The Balaban J connectivity index is 1.74. The second kappa shape index (κ2) is 13.8. The van der Waals surface area contributed by atoms with Crippen LogP contribution in [0.4, 0.5) is 5.69 Å². The maximum absolute atomic E-state index is 14.2. The van der Waals surface area contributed by atoms with Crippen LogP contribution in [-0.2, 0) is 32.6 Å². The van der Waals surface area contributed by atoms with E-state index in [1.165, 1.54) is 17.9 Å². The first-order valence-electron chi connectivity index (χ1n) is 14.3. The van der Waals surface area contributed by atoms with Crippen molar-refractivity contribution in [2.45, 2.75) is 64.6 Å². The van der Waals surface area contributed by atoms with Crippen LogP contribution < -0.4 is 9.62 Å². The van der Waals surface area contributed by atoms with E-state index in [1.807, 2.05) is 61.5 Å². The molecular formula is C33H39N3O5S. The monoisotopic (exact) mass is 589 g/mol. The molecule has 0 aromatic heterocycles. The number of aryl methyl sites for hydroxylation is 1. The number of hydrogen-bond acceptors (Lipinski definition) is 5. The van der Waals surface area contributed by atoms with Crippen LogP contribution in [0.3, 0.4) is 0 Å². The lowest BCUT2D eigenvalue weighted by molar-refractivity contribution is -0.140. The van der Waals surface area contributed by atoms with Gasteiger partial charge in [-0.1, -0.05) is 85.1 Å². The minimum Gasteiger partial charge on any atom is -0.352 e. The maximum Gasteiger partial charge on any atom is 0.244 e. The lowest BCUT2D eigenvalue weighted by Crippen LogP contribution is -2.54. The summed E-state index contributed by atoms with van der Waals surface area (Å²) >= 11 is 0. The van der Waals surface area contributed by atoms with Gasteiger partial charge >= 0.3 is 0 Å². The van der Waals surface area contributed by atoms with E-state index >= 15 is 0 Å². The second-order valence-corrected chi connectivity index (χ2v) is 13.0. The Bertz CT molecular complexity index is 1520. The summed E-state index contributed by atoms with van der Waals surface area (Å²) < 4.78 is 27.0. The first-order chi connectivity index (χ1) is 20.0. The molecule has 8 nitrogen and oxygen atoms in total. The Morgan fingerprint density at radius 1 is 0.905 bits per heavy atom. The molecule has 0 aliphatic heterocycles. The quantitative estimate of drug-likeness (QED) is 0.310. The molecule has 0 bridgehead atoms. The van der Waals surface area contributed by atoms with Gasteiger partial charge < -0.3 is 10.2 Å². The molecule has 1 N–H and O–H groups in total. The van der Waals surface area contributed by atoms with Crippen LogP contribution in [-0.4, -0.2) is 55.8 Å². The van der Waals surface area contributed by atoms with Crippen LogP contribution in [0.15, 0.2) is 78.9 Å². The summed E-state index contributed by atoms with van der Waals surface area (Å²) in [5.41, 5.74) is 3.28. The molecule has 1 atom stereocenters. The molecule has 0 heterocycles. The summed E-state index contributed by atoms with van der Waals surface area (Å²) in [6.07, 6.45) is 5.18. The number of nitrogens with one attached hydrogen (secondary N) is 1. The number of ketones is 1. The number of nitrogens with zero attached hydrogens (tertiary/aromatic N) is 2. The molecule has 3 aromatic carbocycles. The number of carbonyl (C=O) groups is 3. The van der Waals surface area contributed by atoms with E-state index < -0.39 is 28.5 Å². The van der Waals surface area contributed by atoms with Crippen molar-refractivity contribution in [3.05, 3.63) is 101 Å². The molecule has 9 heteroatoms. The van der Waals surface area contributed by atoms with E-state index in [4.69, 9.17) is 0 Å². The van der Waals surface area contributed by atoms with Gasteiger partial charge in [-0.05, 0) is 49.9 Å². The zero-order valence-corrected chi connectivity index (χ0v) is 25.3. The predicted molar refractivity (Wildman–Crippen MR) is 165 cm³/mol. The van der Waals surface area contributed by atoms with Crippen molar-refractivity contribution in [3.8, 4) is 0 Å². The molecule has 1 aliphatic rings. The Morgan fingerprint density at radius 3 is 2.21 bits per heavy atom. The van der Waals surface area contributed by atoms with Gasteiger partial charge in [0.2, 0.25) is 21.8 Å². The smallest absolute Gasteiger partial charge is 0.244 e. The van der Waals surface area contributed by atoms with E-state index in [0.717, 1.165) is 52.9 Å². The Hall–Kier alpha value is -3.98. The molecule has 0 unspecified atom stereocenters. The number of hydrogen-bond donors (Lipinski definition) is 1. The molecule has 0 saturated heterocycles. The number of anilines is 1. The van der Waals surface area contributed by atoms with Gasteiger partial charge in [0.15, 0.2) is 5.78 Å². The van der Waals surface area contributed by atoms with Crippen LogP contribution in [0.2, 0.25) is 0 Å². The highest BCUT2D eigenvalue weighted by Gasteiger charge is 2.34. The van der Waals surface area contributed by atoms with Gasteiger partial charge in [0, 0.05) is 24.6 Å². The molecule has 1 aliphatic carbocycles. The fraction of sp³-hybridized carbons (Fsp3) is 0.364. The fourth-order valence-corrected chi connectivity index (χ4v) is 6.26. The Kier molecular flexibility index (Phi) is 10.2. The number of benzene rings is 3. The van der Waals surface area contributed by atoms with Crippen molar-refractivity contribution in [3.63, 3.8) is 0 Å². The lowest BCUT2D eigenvalue weighted by Gasteiger charge is -2.34. The van der Waals surface area contributed by atoms with Crippen LogP contribution in [0.5, 0.6) is 0 Å². The zero-order valence-electron chi connectivity index (χ0n) is 24.5. The number of Topliss-reactive ketones (excluding diaryl/α,β-unsaturated/α-hetero) is 1. The standard InChI is InChI=1S/C33H39N3O5S/c1-24-11-9-14-27(19-24)22-35(31(20-26-12-5-4-6-13-26)33(39)34-29-16-7-8-17-29)32(38)23-36(42(3,40)41)30-18-10-15-28(21-30)25(2)37/h4-6,9-15,18-19,21,29,31H,7-8,16-17,20,22-23H2,1-3H3,(H,34,39)/t31-/m0/s1. The third-order valence-corrected chi connectivity index (χ3v) is 8.77. The number of rotatable bonds is 12. The van der Waals surface area contributed by atoms with Crippen molar-refractivity contribution in [1.82, 2.24) is 10.2 Å². The Morgan fingerprint density at radius 2 is 1.57 bits per heavy atom. The molecule has 3 aromatic rings. The van der Waals surface area contributed by atoms with Crippen LogP contribution >= 0.6 is 0 Å². The molecule has 222 valence electrons. The molecular weight excluding hydrogens is 550 g/mol. The molecule has 2 amide bonds. The maximum atomic E-state index is 14.2. The van der Waals surface area contributed by atoms with Gasteiger partial charge in [-0.15, -0.1) is 0 Å². The van der Waals surface area contributed by atoms with E-state index in [9.17, 15) is 22.8 Å². The summed E-state index contributed by atoms with van der Waals surface area (Å²) in [5.74, 6) is -0.988. The highest BCUT2D eigenvalue weighted by Crippen LogP contribution is 2.23. The first kappa shape index (κ1) is 31.0. The second-order valence-electron chi connectivity index (χ2n) is 11.1. The molecule has 1 saturated carbocycles. The summed E-state index contributed by atoms with van der Waals surface area (Å²) in [6.45, 7) is 2.96. The van der Waals surface area contributed by atoms with Gasteiger partial charge in [-0.2, -0.15) is 0 Å². The number of amides is 2. The van der Waals surface area contributed by atoms with Gasteiger partial charge in [-0.3, -0.25) is 18.7 Å². The van der Waals surface area contributed by atoms with Crippen LogP contribution in [0.1, 0.15) is 59.7 Å². The van der Waals surface area contributed by atoms with Crippen LogP contribution in [0.25, 0.3) is 0 Å². The van der Waals surface area contributed by atoms with Crippen molar-refractivity contribution in [1.29, 1.82) is 0 Å². The normalized spacial score (nSPS) is 14.3. The average molecular weight is 590 g/mol. The van der Waals surface area contributed by atoms with E-state index in [-0.39, 0.29) is 36.4 Å². The number of sulfonamides is 1. The molecule has 1 fully saturated rings. The topological polar surface area (TPSA) is 104 Å². The third-order valence-electron chi connectivity index (χ3n) is 7.63. The molecule has 42 heavy (non-hydrogen) atoms.